The van der Waals surface area contributed by atoms with Crippen LogP contribution in [0.15, 0.2) is 81.4 Å². The molecule has 0 bridgehead atoms. The fourth-order valence-electron chi connectivity index (χ4n) is 4.12. The topological polar surface area (TPSA) is 74.3 Å². The van der Waals surface area contributed by atoms with Crippen molar-refractivity contribution in [3.63, 3.8) is 0 Å². The molecule has 3 aromatic rings. The second-order valence-corrected chi connectivity index (χ2v) is 11.6. The highest BCUT2D eigenvalue weighted by Gasteiger charge is 2.36. The summed E-state index contributed by atoms with van der Waals surface area (Å²) < 4.78 is 52.5. The highest BCUT2D eigenvalue weighted by Crippen LogP contribution is 2.43. The smallest absolute Gasteiger partial charge is 0.248 e. The third-order valence-electron chi connectivity index (χ3n) is 6.00. The third-order valence-corrected chi connectivity index (χ3v) is 9.13. The van der Waals surface area contributed by atoms with Crippen LogP contribution < -0.4 is 14.2 Å². The van der Waals surface area contributed by atoms with Crippen LogP contribution >= 0.6 is 11.8 Å². The zero-order valence-electron chi connectivity index (χ0n) is 21.4. The number of benzene rings is 3. The van der Waals surface area contributed by atoms with Gasteiger partial charge in [-0.05, 0) is 42.3 Å². The summed E-state index contributed by atoms with van der Waals surface area (Å²) in [4.78, 5) is 1.61. The maximum Gasteiger partial charge on any atom is 0.248 e. The first-order chi connectivity index (χ1) is 18.0. The van der Waals surface area contributed by atoms with Gasteiger partial charge < -0.3 is 18.9 Å². The van der Waals surface area contributed by atoms with Crippen LogP contribution in [0.1, 0.15) is 25.3 Å². The van der Waals surface area contributed by atoms with Crippen LogP contribution in [0.4, 0.5) is 0 Å². The number of fused-ring (bicyclic) bond motifs is 1. The average molecular weight is 544 g/mol. The minimum Gasteiger partial charge on any atom is -0.493 e. The number of sulfonamides is 1. The van der Waals surface area contributed by atoms with Crippen LogP contribution in [0.3, 0.4) is 0 Å². The summed E-state index contributed by atoms with van der Waals surface area (Å²) in [7, 11) is -0.651. The number of rotatable bonds is 11. The van der Waals surface area contributed by atoms with Gasteiger partial charge in [-0.2, -0.15) is 4.31 Å². The Morgan fingerprint density at radius 1 is 1.00 bits per heavy atom. The van der Waals surface area contributed by atoms with Crippen molar-refractivity contribution in [2.75, 3.05) is 33.9 Å². The third kappa shape index (κ3) is 6.59. The Balaban J connectivity index is 1.63. The van der Waals surface area contributed by atoms with E-state index >= 15 is 0 Å². The maximum absolute atomic E-state index is 14.0. The second kappa shape index (κ2) is 12.7. The lowest BCUT2D eigenvalue weighted by molar-refractivity contribution is 0.0339. The first-order valence-electron chi connectivity index (χ1n) is 12.3. The Morgan fingerprint density at radius 3 is 2.51 bits per heavy atom. The fourth-order valence-corrected chi connectivity index (χ4v) is 7.14. The van der Waals surface area contributed by atoms with Gasteiger partial charge in [0, 0.05) is 16.3 Å². The Morgan fingerprint density at radius 2 is 1.78 bits per heavy atom. The fraction of sp³-hybridized carbons (Fsp3) is 0.357. The predicted molar refractivity (Wildman–Crippen MR) is 144 cm³/mol. The van der Waals surface area contributed by atoms with Crippen molar-refractivity contribution in [3.05, 3.63) is 72.3 Å². The summed E-state index contributed by atoms with van der Waals surface area (Å²) in [5.41, 5.74) is 1.06. The van der Waals surface area contributed by atoms with Gasteiger partial charge in [0.15, 0.2) is 11.5 Å². The number of methoxy groups -OCH3 is 2. The summed E-state index contributed by atoms with van der Waals surface area (Å²) in [5, 5.41) is 0. The molecular weight excluding hydrogens is 510 g/mol. The van der Waals surface area contributed by atoms with Gasteiger partial charge in [0.2, 0.25) is 10.0 Å². The lowest BCUT2D eigenvalue weighted by Gasteiger charge is -2.23. The van der Waals surface area contributed by atoms with E-state index in [1.54, 1.807) is 26.4 Å². The van der Waals surface area contributed by atoms with Crippen molar-refractivity contribution >= 4 is 21.8 Å². The summed E-state index contributed by atoms with van der Waals surface area (Å²) in [6.07, 6.45) is 1.21. The van der Waals surface area contributed by atoms with Gasteiger partial charge in [-0.1, -0.05) is 61.5 Å². The molecule has 1 atom stereocenters. The van der Waals surface area contributed by atoms with Crippen molar-refractivity contribution < 1.29 is 27.4 Å². The van der Waals surface area contributed by atoms with Crippen LogP contribution in [-0.2, 0) is 21.4 Å². The van der Waals surface area contributed by atoms with Crippen LogP contribution in [0.25, 0.3) is 0 Å². The summed E-state index contributed by atoms with van der Waals surface area (Å²) in [6.45, 7) is 3.41. The molecule has 0 N–H and O–H groups in total. The van der Waals surface area contributed by atoms with Crippen molar-refractivity contribution in [2.45, 2.75) is 47.2 Å². The summed E-state index contributed by atoms with van der Waals surface area (Å²) in [5.74, 6) is 1.53. The quantitative estimate of drug-likeness (QED) is 0.311. The molecule has 3 aromatic carbocycles. The first-order valence-corrected chi connectivity index (χ1v) is 14.5. The molecular formula is C28H33NO6S2. The molecule has 1 heterocycles. The molecule has 7 nitrogen and oxygen atoms in total. The summed E-state index contributed by atoms with van der Waals surface area (Å²) in [6, 6.07) is 20.8. The van der Waals surface area contributed by atoms with Crippen molar-refractivity contribution in [1.82, 2.24) is 4.31 Å². The van der Waals surface area contributed by atoms with Crippen molar-refractivity contribution in [1.29, 1.82) is 0 Å². The minimum absolute atomic E-state index is 0.191. The molecule has 4 rings (SSSR count). The Bertz CT molecular complexity index is 1280. The second-order valence-electron chi connectivity index (χ2n) is 8.66. The van der Waals surface area contributed by atoms with E-state index in [0.717, 1.165) is 23.3 Å². The van der Waals surface area contributed by atoms with Gasteiger partial charge in [-0.15, -0.1) is 0 Å². The van der Waals surface area contributed by atoms with Crippen LogP contribution in [0, 0.1) is 0 Å². The molecule has 1 aliphatic heterocycles. The van der Waals surface area contributed by atoms with E-state index < -0.39 is 16.1 Å². The normalized spacial score (nSPS) is 16.9. The lowest BCUT2D eigenvalue weighted by atomic mass is 10.2. The van der Waals surface area contributed by atoms with Crippen LogP contribution in [-0.4, -0.2) is 52.7 Å². The molecule has 0 radical (unpaired) electrons. The molecule has 9 heteroatoms. The van der Waals surface area contributed by atoms with E-state index in [1.807, 2.05) is 61.5 Å². The molecule has 0 aliphatic carbocycles. The minimum atomic E-state index is -3.80. The van der Waals surface area contributed by atoms with Gasteiger partial charge >= 0.3 is 0 Å². The van der Waals surface area contributed by atoms with E-state index in [0.29, 0.717) is 35.3 Å². The SMILES string of the molecule is CCCCN1CC(COCc2ccccc2)Oc2cccc(Sc3ccc(OC)c(OC)c3)c2S1(=O)=O. The highest BCUT2D eigenvalue weighted by molar-refractivity contribution is 8.00. The molecule has 0 saturated heterocycles. The number of hydrogen-bond acceptors (Lipinski definition) is 7. The van der Waals surface area contributed by atoms with Crippen LogP contribution in [0.2, 0.25) is 0 Å². The lowest BCUT2D eigenvalue weighted by Crippen LogP contribution is -2.39. The standard InChI is InChI=1S/C28H33NO6S2/c1-4-5-16-29-18-22(20-34-19-21-10-7-6-8-11-21)35-25-12-9-13-27(28(25)37(29,30)31)36-23-14-15-24(32-2)26(17-23)33-3/h6-15,17,22H,4-5,16,18-20H2,1-3H3. The monoisotopic (exact) mass is 543 g/mol. The number of hydrogen-bond donors (Lipinski definition) is 0. The molecule has 0 amide bonds. The largest absolute Gasteiger partial charge is 0.493 e. The zero-order valence-corrected chi connectivity index (χ0v) is 23.0. The number of nitrogens with zero attached hydrogens (tertiary/aromatic N) is 1. The summed E-state index contributed by atoms with van der Waals surface area (Å²) >= 11 is 1.35. The van der Waals surface area contributed by atoms with E-state index in [1.165, 1.54) is 16.1 Å². The van der Waals surface area contributed by atoms with Crippen molar-refractivity contribution in [2.24, 2.45) is 0 Å². The highest BCUT2D eigenvalue weighted by atomic mass is 32.2. The molecule has 1 unspecified atom stereocenters. The van der Waals surface area contributed by atoms with E-state index in [4.69, 9.17) is 18.9 Å². The maximum atomic E-state index is 14.0. The van der Waals surface area contributed by atoms with Gasteiger partial charge in [-0.3, -0.25) is 0 Å². The molecule has 0 saturated carbocycles. The average Bonchev–Trinajstić information content (AvgIpc) is 3.01. The van der Waals surface area contributed by atoms with Gasteiger partial charge in [0.1, 0.15) is 16.7 Å². The molecule has 0 spiro atoms. The van der Waals surface area contributed by atoms with Gasteiger partial charge in [0.25, 0.3) is 0 Å². The molecule has 1 aliphatic rings. The molecule has 198 valence electrons. The van der Waals surface area contributed by atoms with Gasteiger partial charge in [-0.25, -0.2) is 8.42 Å². The van der Waals surface area contributed by atoms with Crippen molar-refractivity contribution in [3.8, 4) is 17.2 Å². The Hall–Kier alpha value is -2.72. The first kappa shape index (κ1) is 27.3. The predicted octanol–water partition coefficient (Wildman–Crippen LogP) is 5.62. The van der Waals surface area contributed by atoms with Crippen LogP contribution in [0.5, 0.6) is 17.2 Å². The van der Waals surface area contributed by atoms with E-state index in [9.17, 15) is 8.42 Å². The van der Waals surface area contributed by atoms with E-state index in [-0.39, 0.29) is 18.0 Å². The molecule has 0 fully saturated rings. The van der Waals surface area contributed by atoms with E-state index in [2.05, 4.69) is 0 Å². The molecule has 37 heavy (non-hydrogen) atoms. The number of unbranched alkanes of at least 4 members (excludes halogenated alkanes) is 1. The Kier molecular flexibility index (Phi) is 9.37. The Labute approximate surface area is 223 Å². The van der Waals surface area contributed by atoms with Gasteiger partial charge in [0.05, 0.1) is 34.0 Å². The number of ether oxygens (including phenoxy) is 4. The zero-order chi connectivity index (χ0) is 26.3. The molecule has 0 aromatic heterocycles.